The Kier molecular flexibility index (Phi) is 4.31. The molecule has 4 heteroatoms. The van der Waals surface area contributed by atoms with Crippen LogP contribution in [0.2, 0.25) is 0 Å². The molecule has 0 aliphatic carbocycles. The van der Waals surface area contributed by atoms with E-state index in [-0.39, 0.29) is 7.92 Å². The van der Waals surface area contributed by atoms with Crippen LogP contribution in [0.25, 0.3) is 16.7 Å². The molecule has 3 nitrogen and oxygen atoms in total. The summed E-state index contributed by atoms with van der Waals surface area (Å²) in [6.07, 6.45) is 3.87. The Morgan fingerprint density at radius 1 is 1.10 bits per heavy atom. The number of rotatable bonds is 5. The summed E-state index contributed by atoms with van der Waals surface area (Å²) in [4.78, 5) is 0. The number of aromatic nitrogens is 3. The second-order valence-electron chi connectivity index (χ2n) is 5.28. The van der Waals surface area contributed by atoms with E-state index in [4.69, 9.17) is 0 Å². The van der Waals surface area contributed by atoms with Gasteiger partial charge in [0.1, 0.15) is 5.52 Å². The highest BCUT2D eigenvalue weighted by atomic mass is 31.1. The minimum atomic E-state index is -0.0784. The summed E-state index contributed by atoms with van der Waals surface area (Å²) in [7, 11) is -0.0784. The molecule has 21 heavy (non-hydrogen) atoms. The molecule has 3 rings (SSSR count). The molecule has 108 valence electrons. The maximum absolute atomic E-state index is 4.30. The molecule has 0 spiro atoms. The molecule has 0 radical (unpaired) electrons. The van der Waals surface area contributed by atoms with Crippen molar-refractivity contribution in [1.29, 1.82) is 0 Å². The molecule has 1 unspecified atom stereocenters. The lowest BCUT2D eigenvalue weighted by molar-refractivity contribution is 0.824. The van der Waals surface area contributed by atoms with E-state index in [0.717, 1.165) is 16.7 Å². The molecule has 1 aromatic heterocycles. The number of hydrogen-bond acceptors (Lipinski definition) is 2. The SMILES string of the molecule is CCCCP(C)c1cccc(-n2nnc3ccccc32)c1. The number of hydrogen-bond donors (Lipinski definition) is 0. The molecular weight excluding hydrogens is 277 g/mol. The van der Waals surface area contributed by atoms with Gasteiger partial charge in [0.25, 0.3) is 0 Å². The van der Waals surface area contributed by atoms with E-state index in [1.165, 1.54) is 24.3 Å². The first-order chi connectivity index (χ1) is 10.3. The van der Waals surface area contributed by atoms with Gasteiger partial charge in [-0.2, -0.15) is 0 Å². The van der Waals surface area contributed by atoms with Crippen LogP contribution in [0, 0.1) is 0 Å². The van der Waals surface area contributed by atoms with Gasteiger partial charge in [-0.3, -0.25) is 0 Å². The lowest BCUT2D eigenvalue weighted by atomic mass is 10.3. The van der Waals surface area contributed by atoms with Gasteiger partial charge in [0.05, 0.1) is 11.2 Å². The Labute approximate surface area is 126 Å². The highest BCUT2D eigenvalue weighted by Crippen LogP contribution is 2.31. The number of fused-ring (bicyclic) bond motifs is 1. The van der Waals surface area contributed by atoms with Crippen molar-refractivity contribution in [1.82, 2.24) is 15.0 Å². The van der Waals surface area contributed by atoms with Gasteiger partial charge >= 0.3 is 0 Å². The van der Waals surface area contributed by atoms with Crippen molar-refractivity contribution in [2.24, 2.45) is 0 Å². The third-order valence-electron chi connectivity index (χ3n) is 3.71. The molecule has 0 bridgehead atoms. The first kappa shape index (κ1) is 14.2. The summed E-state index contributed by atoms with van der Waals surface area (Å²) >= 11 is 0. The zero-order valence-electron chi connectivity index (χ0n) is 12.5. The van der Waals surface area contributed by atoms with Crippen molar-refractivity contribution >= 4 is 24.3 Å². The van der Waals surface area contributed by atoms with E-state index in [1.54, 1.807) is 0 Å². The predicted octanol–water partition coefficient (Wildman–Crippen LogP) is 3.96. The van der Waals surface area contributed by atoms with Crippen LogP contribution in [-0.4, -0.2) is 27.8 Å². The average molecular weight is 297 g/mol. The summed E-state index contributed by atoms with van der Waals surface area (Å²) in [6, 6.07) is 16.8. The molecule has 0 aliphatic rings. The van der Waals surface area contributed by atoms with Crippen LogP contribution in [0.4, 0.5) is 0 Å². The summed E-state index contributed by atoms with van der Waals surface area (Å²) < 4.78 is 1.93. The minimum absolute atomic E-state index is 0.0784. The van der Waals surface area contributed by atoms with Crippen molar-refractivity contribution in [2.75, 3.05) is 12.8 Å². The molecule has 0 amide bonds. The third-order valence-corrected chi connectivity index (χ3v) is 5.86. The Bertz CT molecular complexity index is 735. The lowest BCUT2D eigenvalue weighted by Gasteiger charge is -2.13. The Morgan fingerprint density at radius 3 is 2.81 bits per heavy atom. The summed E-state index contributed by atoms with van der Waals surface area (Å²) in [5.74, 6) is 0. The number of nitrogens with zero attached hydrogens (tertiary/aromatic N) is 3. The van der Waals surface area contributed by atoms with E-state index in [2.05, 4.69) is 54.2 Å². The smallest absolute Gasteiger partial charge is 0.113 e. The number of unbranched alkanes of at least 4 members (excludes halogenated alkanes) is 1. The molecule has 0 N–H and O–H groups in total. The van der Waals surface area contributed by atoms with E-state index in [9.17, 15) is 0 Å². The quantitative estimate of drug-likeness (QED) is 0.667. The molecular formula is C17H20N3P. The maximum Gasteiger partial charge on any atom is 0.113 e. The fourth-order valence-corrected chi connectivity index (χ4v) is 4.19. The van der Waals surface area contributed by atoms with Gasteiger partial charge in [-0.15, -0.1) is 5.10 Å². The zero-order valence-corrected chi connectivity index (χ0v) is 13.4. The summed E-state index contributed by atoms with van der Waals surface area (Å²) in [5.41, 5.74) is 3.10. The van der Waals surface area contributed by atoms with Crippen molar-refractivity contribution in [2.45, 2.75) is 19.8 Å². The average Bonchev–Trinajstić information content (AvgIpc) is 2.97. The topological polar surface area (TPSA) is 30.7 Å². The van der Waals surface area contributed by atoms with Gasteiger partial charge in [0, 0.05) is 0 Å². The minimum Gasteiger partial charge on any atom is -0.213 e. The van der Waals surface area contributed by atoms with Crippen LogP contribution in [0.5, 0.6) is 0 Å². The summed E-state index contributed by atoms with van der Waals surface area (Å²) in [6.45, 7) is 4.62. The number of para-hydroxylation sites is 1. The fraction of sp³-hybridized carbons (Fsp3) is 0.294. The Hall–Kier alpha value is -1.73. The van der Waals surface area contributed by atoms with Crippen molar-refractivity contribution < 1.29 is 0 Å². The standard InChI is InChI=1S/C17H20N3P/c1-3-4-12-21(2)15-9-7-8-14(13-15)20-17-11-6-5-10-16(17)18-19-20/h5-11,13H,3-4,12H2,1-2H3. The Morgan fingerprint density at radius 2 is 1.95 bits per heavy atom. The fourth-order valence-electron chi connectivity index (χ4n) is 2.45. The molecule has 0 saturated carbocycles. The normalized spacial score (nSPS) is 12.7. The molecule has 1 heterocycles. The highest BCUT2D eigenvalue weighted by Gasteiger charge is 2.09. The van der Waals surface area contributed by atoms with Crippen LogP contribution >= 0.6 is 7.92 Å². The first-order valence-electron chi connectivity index (χ1n) is 7.41. The van der Waals surface area contributed by atoms with Gasteiger partial charge in [-0.25, -0.2) is 4.68 Å². The van der Waals surface area contributed by atoms with Crippen molar-refractivity contribution in [3.05, 3.63) is 48.5 Å². The molecule has 0 aliphatic heterocycles. The van der Waals surface area contributed by atoms with Gasteiger partial charge in [0.2, 0.25) is 0 Å². The van der Waals surface area contributed by atoms with Gasteiger partial charge in [-0.05, 0) is 48.8 Å². The van der Waals surface area contributed by atoms with Crippen LogP contribution in [-0.2, 0) is 0 Å². The molecule has 1 atom stereocenters. The van der Waals surface area contributed by atoms with Crippen LogP contribution in [0.15, 0.2) is 48.5 Å². The third kappa shape index (κ3) is 2.98. The van der Waals surface area contributed by atoms with E-state index in [0.29, 0.717) is 0 Å². The zero-order chi connectivity index (χ0) is 14.7. The van der Waals surface area contributed by atoms with Gasteiger partial charge in [-0.1, -0.05) is 50.7 Å². The number of benzene rings is 2. The van der Waals surface area contributed by atoms with E-state index < -0.39 is 0 Å². The molecule has 0 saturated heterocycles. The van der Waals surface area contributed by atoms with Crippen molar-refractivity contribution in [3.63, 3.8) is 0 Å². The first-order valence-corrected chi connectivity index (χ1v) is 9.39. The molecule has 0 fully saturated rings. The largest absolute Gasteiger partial charge is 0.213 e. The van der Waals surface area contributed by atoms with Crippen LogP contribution in [0.3, 0.4) is 0 Å². The summed E-state index contributed by atoms with van der Waals surface area (Å²) in [5, 5.41) is 9.98. The molecule has 3 aromatic rings. The van der Waals surface area contributed by atoms with E-state index >= 15 is 0 Å². The molecule has 2 aromatic carbocycles. The lowest BCUT2D eigenvalue weighted by Crippen LogP contribution is -2.06. The van der Waals surface area contributed by atoms with Crippen LogP contribution in [0.1, 0.15) is 19.8 Å². The maximum atomic E-state index is 4.30. The highest BCUT2D eigenvalue weighted by molar-refractivity contribution is 7.64. The van der Waals surface area contributed by atoms with Crippen LogP contribution < -0.4 is 5.30 Å². The van der Waals surface area contributed by atoms with Crippen molar-refractivity contribution in [3.8, 4) is 5.69 Å². The van der Waals surface area contributed by atoms with E-state index in [1.807, 2.05) is 22.9 Å². The predicted molar refractivity (Wildman–Crippen MR) is 91.1 cm³/mol. The Balaban J connectivity index is 1.96. The second-order valence-corrected chi connectivity index (χ2v) is 7.64. The van der Waals surface area contributed by atoms with Gasteiger partial charge < -0.3 is 0 Å². The van der Waals surface area contributed by atoms with Gasteiger partial charge in [0.15, 0.2) is 0 Å². The second kappa shape index (κ2) is 6.36. The monoisotopic (exact) mass is 297 g/mol.